The molecule has 15 heteroatoms. The minimum absolute atomic E-state index is 0.109. The molecule has 39 heavy (non-hydrogen) atoms. The molecule has 0 aromatic carbocycles. The van der Waals surface area contributed by atoms with Gasteiger partial charge in [-0.1, -0.05) is 23.5 Å². The van der Waals surface area contributed by atoms with Crippen LogP contribution in [0.3, 0.4) is 0 Å². The van der Waals surface area contributed by atoms with E-state index in [-0.39, 0.29) is 10.6 Å². The molecule has 5 aliphatic rings. The Kier molecular flexibility index (Phi) is 7.92. The number of hydroxylamine groups is 2. The van der Waals surface area contributed by atoms with Crippen molar-refractivity contribution in [2.45, 2.75) is 74.7 Å². The van der Waals surface area contributed by atoms with Crippen molar-refractivity contribution in [1.29, 1.82) is 0 Å². The van der Waals surface area contributed by atoms with Crippen LogP contribution in [0.5, 0.6) is 0 Å². The molecular weight excluding hydrogens is 556 g/mol. The van der Waals surface area contributed by atoms with Crippen molar-refractivity contribution in [3.63, 3.8) is 0 Å². The van der Waals surface area contributed by atoms with Gasteiger partial charge >= 0.3 is 17.9 Å². The van der Waals surface area contributed by atoms with Crippen LogP contribution < -0.4 is 0 Å². The second-order valence-corrected chi connectivity index (χ2v) is 12.4. The number of carboxylic acids is 2. The molecule has 0 unspecified atom stereocenters. The van der Waals surface area contributed by atoms with Crippen molar-refractivity contribution >= 4 is 47.3 Å². The van der Waals surface area contributed by atoms with Crippen molar-refractivity contribution in [2.24, 2.45) is 11.8 Å². The maximum atomic E-state index is 13.8. The highest BCUT2D eigenvalue weighted by Crippen LogP contribution is 2.54. The number of β-lactam (4-membered cyclic amide) rings is 1. The molecule has 8 atom stereocenters. The Labute approximate surface area is 232 Å². The van der Waals surface area contributed by atoms with Gasteiger partial charge in [0.05, 0.1) is 35.2 Å². The van der Waals surface area contributed by atoms with E-state index < -0.39 is 76.5 Å². The van der Waals surface area contributed by atoms with E-state index in [9.17, 15) is 39.6 Å². The van der Waals surface area contributed by atoms with Crippen LogP contribution in [0.2, 0.25) is 0 Å². The van der Waals surface area contributed by atoms with Crippen LogP contribution in [-0.4, -0.2) is 103 Å². The lowest BCUT2D eigenvalue weighted by atomic mass is 9.92. The van der Waals surface area contributed by atoms with Crippen LogP contribution in [0.25, 0.3) is 0 Å². The number of carbonyl (C=O) groups excluding carboxylic acids is 2. The van der Waals surface area contributed by atoms with Crippen LogP contribution in [0.4, 0.5) is 0 Å². The standard InChI is InChI=1S/C24H30N2O11S2/c1-9(27)13-19(29)25-16(18(38-20(13)25)12-6-4-8-36-12)24(34)37-26-15(23(32)33)17(11-5-3-7-35-11)39-21(26)14(10(2)28)22(30)31/h9-14,20-21,27-28H,3-8H2,1-2H3,(H,30,31)(H,32,33)/t9-,10-,11-,12-,13+,14-,20-,21-/m1/s1. The summed E-state index contributed by atoms with van der Waals surface area (Å²) in [5.41, 5.74) is -0.558. The van der Waals surface area contributed by atoms with Gasteiger partial charge in [-0.3, -0.25) is 14.5 Å². The molecule has 0 saturated carbocycles. The van der Waals surface area contributed by atoms with Gasteiger partial charge in [0.1, 0.15) is 22.4 Å². The fourth-order valence-electron chi connectivity index (χ4n) is 5.51. The smallest absolute Gasteiger partial charge is 0.380 e. The SMILES string of the molecule is C[C@@H](O)[C@@H](C(=O)O)[C@H]1SC([C@H]2CCCO2)=C(C(=O)O)N1OC(=O)C1=C([C@H]2CCCO2)S[C@@H]2[C@@H]([C@@H](C)O)C(=O)N12. The minimum Gasteiger partial charge on any atom is -0.481 e. The monoisotopic (exact) mass is 586 g/mol. The number of thioether (sulfide) groups is 2. The number of hydrogen-bond donors (Lipinski definition) is 4. The van der Waals surface area contributed by atoms with E-state index in [4.69, 9.17) is 14.3 Å². The Morgan fingerprint density at radius 2 is 1.56 bits per heavy atom. The van der Waals surface area contributed by atoms with E-state index in [0.717, 1.165) is 23.2 Å². The molecule has 0 aromatic heterocycles. The normalized spacial score (nSPS) is 32.8. The largest absolute Gasteiger partial charge is 0.481 e. The van der Waals surface area contributed by atoms with Gasteiger partial charge in [-0.25, -0.2) is 9.59 Å². The molecule has 5 aliphatic heterocycles. The maximum Gasteiger partial charge on any atom is 0.380 e. The summed E-state index contributed by atoms with van der Waals surface area (Å²) in [5, 5.41) is 39.3. The molecule has 0 aromatic rings. The van der Waals surface area contributed by atoms with Gasteiger partial charge in [0.25, 0.3) is 0 Å². The second-order valence-electron chi connectivity index (χ2n) is 10.0. The predicted molar refractivity (Wildman–Crippen MR) is 135 cm³/mol. The molecule has 214 valence electrons. The van der Waals surface area contributed by atoms with Crippen molar-refractivity contribution in [3.8, 4) is 0 Å². The molecule has 5 rings (SSSR count). The summed E-state index contributed by atoms with van der Waals surface area (Å²) in [7, 11) is 0. The average molecular weight is 587 g/mol. The minimum atomic E-state index is -1.53. The first-order valence-electron chi connectivity index (χ1n) is 12.7. The number of aliphatic hydroxyl groups excluding tert-OH is 2. The zero-order valence-electron chi connectivity index (χ0n) is 21.2. The number of amides is 1. The summed E-state index contributed by atoms with van der Waals surface area (Å²) in [5.74, 6) is -6.66. The molecule has 3 fully saturated rings. The van der Waals surface area contributed by atoms with Gasteiger partial charge in [-0.05, 0) is 39.5 Å². The summed E-state index contributed by atoms with van der Waals surface area (Å²) in [6, 6.07) is 0. The first kappa shape index (κ1) is 28.2. The maximum absolute atomic E-state index is 13.8. The quantitative estimate of drug-likeness (QED) is 0.277. The number of rotatable bonds is 9. The predicted octanol–water partition coefficient (Wildman–Crippen LogP) is 0.679. The molecule has 3 saturated heterocycles. The van der Waals surface area contributed by atoms with Crippen molar-refractivity contribution in [3.05, 3.63) is 21.2 Å². The first-order chi connectivity index (χ1) is 18.5. The van der Waals surface area contributed by atoms with Gasteiger partial charge in [0.2, 0.25) is 5.91 Å². The Balaban J connectivity index is 1.52. The van der Waals surface area contributed by atoms with E-state index in [1.165, 1.54) is 30.5 Å². The summed E-state index contributed by atoms with van der Waals surface area (Å²) in [6.45, 7) is 3.61. The number of fused-ring (bicyclic) bond motifs is 1. The van der Waals surface area contributed by atoms with Gasteiger partial charge in [-0.2, -0.15) is 5.06 Å². The summed E-state index contributed by atoms with van der Waals surface area (Å²) < 4.78 is 11.4. The number of ether oxygens (including phenoxy) is 2. The lowest BCUT2D eigenvalue weighted by Gasteiger charge is -2.44. The number of carbonyl (C=O) groups is 4. The lowest BCUT2D eigenvalue weighted by molar-refractivity contribution is -0.193. The average Bonchev–Trinajstić information content (AvgIpc) is 3.63. The van der Waals surface area contributed by atoms with E-state index in [0.29, 0.717) is 37.4 Å². The molecule has 0 spiro atoms. The Morgan fingerprint density at radius 3 is 2.03 bits per heavy atom. The third-order valence-electron chi connectivity index (χ3n) is 7.39. The van der Waals surface area contributed by atoms with E-state index >= 15 is 0 Å². The van der Waals surface area contributed by atoms with Gasteiger partial charge in [-0.15, -0.1) is 0 Å². The Morgan fingerprint density at radius 1 is 0.974 bits per heavy atom. The zero-order chi connectivity index (χ0) is 28.2. The fourth-order valence-corrected chi connectivity index (χ4v) is 8.83. The topological polar surface area (TPSA) is 183 Å². The van der Waals surface area contributed by atoms with E-state index in [1.807, 2.05) is 0 Å². The summed E-state index contributed by atoms with van der Waals surface area (Å²) in [6.07, 6.45) is -0.976. The van der Waals surface area contributed by atoms with Crippen molar-refractivity contribution < 1.29 is 53.9 Å². The number of carboxylic acid groups (broad SMARTS) is 2. The first-order valence-corrected chi connectivity index (χ1v) is 14.5. The van der Waals surface area contributed by atoms with E-state index in [2.05, 4.69) is 0 Å². The molecule has 4 N–H and O–H groups in total. The third kappa shape index (κ3) is 4.82. The van der Waals surface area contributed by atoms with Gasteiger partial charge in [0, 0.05) is 18.1 Å². The fraction of sp³-hybridized carbons (Fsp3) is 0.667. The number of nitrogens with zero attached hydrogens (tertiary/aromatic N) is 2. The van der Waals surface area contributed by atoms with Crippen LogP contribution in [-0.2, 0) is 33.5 Å². The highest BCUT2D eigenvalue weighted by Gasteiger charge is 2.60. The van der Waals surface area contributed by atoms with Crippen LogP contribution in [0.1, 0.15) is 39.5 Å². The second kappa shape index (κ2) is 10.9. The number of aliphatic hydroxyl groups is 2. The lowest BCUT2D eigenvalue weighted by Crippen LogP contribution is -2.61. The van der Waals surface area contributed by atoms with Crippen LogP contribution >= 0.6 is 23.5 Å². The molecule has 13 nitrogen and oxygen atoms in total. The molecule has 5 heterocycles. The van der Waals surface area contributed by atoms with Gasteiger partial charge in [0.15, 0.2) is 5.70 Å². The van der Waals surface area contributed by atoms with E-state index in [1.54, 1.807) is 0 Å². The molecule has 0 bridgehead atoms. The molecular formula is C24H30N2O11S2. The van der Waals surface area contributed by atoms with Crippen molar-refractivity contribution in [1.82, 2.24) is 9.96 Å². The van der Waals surface area contributed by atoms with Crippen molar-refractivity contribution in [2.75, 3.05) is 13.2 Å². The highest BCUT2D eigenvalue weighted by molar-refractivity contribution is 8.04. The summed E-state index contributed by atoms with van der Waals surface area (Å²) in [4.78, 5) is 58.9. The Hall–Kier alpha value is -2.30. The third-order valence-corrected chi connectivity index (χ3v) is 10.3. The molecule has 0 aliphatic carbocycles. The van der Waals surface area contributed by atoms with Crippen LogP contribution in [0.15, 0.2) is 21.2 Å². The number of aliphatic carboxylic acids is 2. The molecule has 1 amide bonds. The molecule has 0 radical (unpaired) electrons. The summed E-state index contributed by atoms with van der Waals surface area (Å²) >= 11 is 2.10. The Bertz CT molecular complexity index is 1130. The number of hydrogen-bond acceptors (Lipinski definition) is 12. The van der Waals surface area contributed by atoms with Gasteiger partial charge < -0.3 is 34.7 Å². The zero-order valence-corrected chi connectivity index (χ0v) is 22.9. The highest BCUT2D eigenvalue weighted by atomic mass is 32.2. The van der Waals surface area contributed by atoms with Crippen LogP contribution in [0, 0.1) is 11.8 Å².